The van der Waals surface area contributed by atoms with E-state index in [1.54, 1.807) is 13.8 Å². The molecule has 1 saturated carbocycles. The van der Waals surface area contributed by atoms with Gasteiger partial charge in [0.1, 0.15) is 5.78 Å². The quantitative estimate of drug-likeness (QED) is 0.779. The molecule has 0 radical (unpaired) electrons. The second kappa shape index (κ2) is 4.77. The van der Waals surface area contributed by atoms with Crippen LogP contribution in [0.25, 0.3) is 0 Å². The summed E-state index contributed by atoms with van der Waals surface area (Å²) in [5, 5.41) is 8.94. The summed E-state index contributed by atoms with van der Waals surface area (Å²) < 4.78 is 0. The van der Waals surface area contributed by atoms with Gasteiger partial charge in [-0.1, -0.05) is 19.3 Å². The minimum atomic E-state index is -0.908. The minimum absolute atomic E-state index is 0.123. The molecule has 1 aliphatic rings. The van der Waals surface area contributed by atoms with Crippen molar-refractivity contribution in [2.75, 3.05) is 0 Å². The second-order valence-electron chi connectivity index (χ2n) is 5.17. The van der Waals surface area contributed by atoms with E-state index in [0.717, 1.165) is 25.7 Å². The zero-order chi connectivity index (χ0) is 11.5. The fraction of sp³-hybridized carbons (Fsp3) is 0.833. The van der Waals surface area contributed by atoms with Crippen molar-refractivity contribution >= 4 is 11.8 Å². The Morgan fingerprint density at radius 1 is 1.20 bits per heavy atom. The molecule has 0 aromatic rings. The molecule has 15 heavy (non-hydrogen) atoms. The first-order valence-corrected chi connectivity index (χ1v) is 5.69. The molecule has 1 aliphatic carbocycles. The molecule has 0 aromatic carbocycles. The van der Waals surface area contributed by atoms with Gasteiger partial charge in [-0.3, -0.25) is 9.59 Å². The molecule has 0 spiro atoms. The van der Waals surface area contributed by atoms with Crippen LogP contribution in [-0.4, -0.2) is 16.9 Å². The first kappa shape index (κ1) is 12.2. The van der Waals surface area contributed by atoms with Crippen LogP contribution < -0.4 is 0 Å². The number of rotatable bonds is 4. The number of Topliss-reactive ketones (excluding diaryl/α,β-unsaturated/α-hetero) is 1. The van der Waals surface area contributed by atoms with Crippen molar-refractivity contribution in [2.45, 2.75) is 52.4 Å². The van der Waals surface area contributed by atoms with Gasteiger partial charge in [-0.05, 0) is 26.7 Å². The Morgan fingerprint density at radius 2 is 1.73 bits per heavy atom. The lowest BCUT2D eigenvalue weighted by Gasteiger charge is -2.24. The van der Waals surface area contributed by atoms with Gasteiger partial charge in [0.2, 0.25) is 0 Å². The third kappa shape index (κ3) is 3.33. The van der Waals surface area contributed by atoms with Gasteiger partial charge in [0, 0.05) is 12.3 Å². The molecule has 3 nitrogen and oxygen atoms in total. The largest absolute Gasteiger partial charge is 0.481 e. The van der Waals surface area contributed by atoms with Gasteiger partial charge >= 0.3 is 5.97 Å². The molecule has 1 rings (SSSR count). The summed E-state index contributed by atoms with van der Waals surface area (Å²) in [6.07, 6.45) is 5.52. The predicted molar refractivity (Wildman–Crippen MR) is 57.6 cm³/mol. The average Bonchev–Trinajstić information content (AvgIpc) is 2.18. The smallest absolute Gasteiger partial charge is 0.309 e. The van der Waals surface area contributed by atoms with E-state index in [9.17, 15) is 9.59 Å². The topological polar surface area (TPSA) is 54.4 Å². The Kier molecular flexibility index (Phi) is 3.89. The summed E-state index contributed by atoms with van der Waals surface area (Å²) in [7, 11) is 0. The molecule has 1 N–H and O–H groups in total. The summed E-state index contributed by atoms with van der Waals surface area (Å²) in [5.41, 5.74) is -0.908. The number of carbonyl (C=O) groups is 2. The zero-order valence-electron chi connectivity index (χ0n) is 9.58. The molecule has 86 valence electrons. The Balaban J connectivity index is 2.50. The molecular formula is C12H20O3. The Bertz CT molecular complexity index is 250. The van der Waals surface area contributed by atoms with Crippen LogP contribution in [0.15, 0.2) is 0 Å². The molecule has 3 heteroatoms. The van der Waals surface area contributed by atoms with Crippen molar-refractivity contribution in [3.63, 3.8) is 0 Å². The maximum absolute atomic E-state index is 11.9. The Hall–Kier alpha value is -0.860. The summed E-state index contributed by atoms with van der Waals surface area (Å²) in [5.74, 6) is -0.619. The van der Waals surface area contributed by atoms with Gasteiger partial charge < -0.3 is 5.11 Å². The number of carboxylic acids is 1. The van der Waals surface area contributed by atoms with Gasteiger partial charge in [-0.2, -0.15) is 0 Å². The van der Waals surface area contributed by atoms with E-state index in [1.807, 2.05) is 0 Å². The van der Waals surface area contributed by atoms with Crippen molar-refractivity contribution in [1.82, 2.24) is 0 Å². The Morgan fingerprint density at radius 3 is 2.20 bits per heavy atom. The SMILES string of the molecule is CC(C)(CC(=O)C1CCCCC1)C(=O)O. The summed E-state index contributed by atoms with van der Waals surface area (Å²) in [6.45, 7) is 3.24. The highest BCUT2D eigenvalue weighted by atomic mass is 16.4. The standard InChI is InChI=1S/C12H20O3/c1-12(2,11(14)15)8-10(13)9-6-4-3-5-7-9/h9H,3-8H2,1-2H3,(H,14,15). The number of carbonyl (C=O) groups excluding carboxylic acids is 1. The van der Waals surface area contributed by atoms with Crippen molar-refractivity contribution in [3.05, 3.63) is 0 Å². The second-order valence-corrected chi connectivity index (χ2v) is 5.17. The fourth-order valence-corrected chi connectivity index (χ4v) is 2.08. The summed E-state index contributed by atoms with van der Waals surface area (Å²) in [6, 6.07) is 0. The van der Waals surface area contributed by atoms with Gasteiger partial charge in [0.05, 0.1) is 5.41 Å². The number of hydrogen-bond donors (Lipinski definition) is 1. The lowest BCUT2D eigenvalue weighted by molar-refractivity contribution is -0.149. The van der Waals surface area contributed by atoms with Crippen LogP contribution in [-0.2, 0) is 9.59 Å². The highest BCUT2D eigenvalue weighted by Crippen LogP contribution is 2.29. The van der Waals surface area contributed by atoms with Crippen LogP contribution >= 0.6 is 0 Å². The average molecular weight is 212 g/mol. The molecule has 0 atom stereocenters. The van der Waals surface area contributed by atoms with Crippen molar-refractivity contribution < 1.29 is 14.7 Å². The molecule has 1 fully saturated rings. The molecule has 0 aromatic heterocycles. The van der Waals surface area contributed by atoms with E-state index >= 15 is 0 Å². The fourth-order valence-electron chi connectivity index (χ4n) is 2.08. The van der Waals surface area contributed by atoms with Crippen LogP contribution in [0.3, 0.4) is 0 Å². The molecule has 0 aliphatic heterocycles. The molecule has 0 unspecified atom stereocenters. The van der Waals surface area contributed by atoms with Crippen LogP contribution in [0.2, 0.25) is 0 Å². The first-order chi connectivity index (χ1) is 6.93. The number of ketones is 1. The van der Waals surface area contributed by atoms with Crippen molar-refractivity contribution in [2.24, 2.45) is 11.3 Å². The number of hydrogen-bond acceptors (Lipinski definition) is 2. The lowest BCUT2D eigenvalue weighted by Crippen LogP contribution is -2.30. The van der Waals surface area contributed by atoms with E-state index in [4.69, 9.17) is 5.11 Å². The van der Waals surface area contributed by atoms with Crippen LogP contribution in [0, 0.1) is 11.3 Å². The summed E-state index contributed by atoms with van der Waals surface area (Å²) >= 11 is 0. The van der Waals surface area contributed by atoms with Crippen LogP contribution in [0.4, 0.5) is 0 Å². The highest BCUT2D eigenvalue weighted by molar-refractivity contribution is 5.87. The predicted octanol–water partition coefficient (Wildman–Crippen LogP) is 2.64. The summed E-state index contributed by atoms with van der Waals surface area (Å²) in [4.78, 5) is 22.7. The Labute approximate surface area is 90.9 Å². The maximum atomic E-state index is 11.9. The molecular weight excluding hydrogens is 192 g/mol. The van der Waals surface area contributed by atoms with Gasteiger partial charge in [-0.25, -0.2) is 0 Å². The lowest BCUT2D eigenvalue weighted by atomic mass is 9.79. The molecule has 0 bridgehead atoms. The zero-order valence-corrected chi connectivity index (χ0v) is 9.58. The third-order valence-corrected chi connectivity index (χ3v) is 3.26. The molecule has 0 saturated heterocycles. The van der Waals surface area contributed by atoms with E-state index in [2.05, 4.69) is 0 Å². The number of carboxylic acid groups (broad SMARTS) is 1. The van der Waals surface area contributed by atoms with E-state index in [0.29, 0.717) is 0 Å². The van der Waals surface area contributed by atoms with E-state index in [-0.39, 0.29) is 18.1 Å². The monoisotopic (exact) mass is 212 g/mol. The van der Waals surface area contributed by atoms with Gasteiger partial charge in [0.25, 0.3) is 0 Å². The highest BCUT2D eigenvalue weighted by Gasteiger charge is 2.33. The van der Waals surface area contributed by atoms with E-state index < -0.39 is 11.4 Å². The third-order valence-electron chi connectivity index (χ3n) is 3.26. The van der Waals surface area contributed by atoms with Crippen LogP contribution in [0.1, 0.15) is 52.4 Å². The minimum Gasteiger partial charge on any atom is -0.481 e. The molecule has 0 amide bonds. The van der Waals surface area contributed by atoms with Gasteiger partial charge in [0.15, 0.2) is 0 Å². The number of aliphatic carboxylic acids is 1. The first-order valence-electron chi connectivity index (χ1n) is 5.69. The normalized spacial score (nSPS) is 18.8. The van der Waals surface area contributed by atoms with Crippen molar-refractivity contribution in [1.29, 1.82) is 0 Å². The van der Waals surface area contributed by atoms with Crippen LogP contribution in [0.5, 0.6) is 0 Å². The van der Waals surface area contributed by atoms with Gasteiger partial charge in [-0.15, -0.1) is 0 Å². The van der Waals surface area contributed by atoms with Crippen molar-refractivity contribution in [3.8, 4) is 0 Å². The maximum Gasteiger partial charge on any atom is 0.309 e. The van der Waals surface area contributed by atoms with E-state index in [1.165, 1.54) is 6.42 Å². The molecule has 0 heterocycles.